The highest BCUT2D eigenvalue weighted by molar-refractivity contribution is 6.14. The maximum absolute atomic E-state index is 13.5. The standard InChI is InChI=1S/C21H30O4/c1-14(2)10-12-21(19(24)25-5)13-16-9-7-6-8-11-20(16,4)17(15(3)22)18(21)23/h6-7,10,16-17H,8-9,11-13H2,1-5H3/t16-,17?,20+,21+/m0/s1. The fourth-order valence-electron chi connectivity index (χ4n) is 4.71. The lowest BCUT2D eigenvalue weighted by Gasteiger charge is -2.51. The van der Waals surface area contributed by atoms with Crippen molar-refractivity contribution in [2.45, 2.75) is 59.8 Å². The number of fused-ring (bicyclic) bond motifs is 1. The van der Waals surface area contributed by atoms with Crippen LogP contribution in [-0.4, -0.2) is 24.6 Å². The Kier molecular flexibility index (Phi) is 5.70. The van der Waals surface area contributed by atoms with Crippen LogP contribution in [0.2, 0.25) is 0 Å². The Hall–Kier alpha value is -1.71. The van der Waals surface area contributed by atoms with Crippen molar-refractivity contribution in [1.82, 2.24) is 0 Å². The zero-order chi connectivity index (χ0) is 18.8. The summed E-state index contributed by atoms with van der Waals surface area (Å²) in [5.41, 5.74) is -0.593. The molecular formula is C21H30O4. The summed E-state index contributed by atoms with van der Waals surface area (Å²) in [6.07, 6.45) is 9.39. The molecule has 0 aromatic rings. The van der Waals surface area contributed by atoms with Crippen molar-refractivity contribution in [3.8, 4) is 0 Å². The number of allylic oxidation sites excluding steroid dienone is 4. The smallest absolute Gasteiger partial charge is 0.319 e. The molecule has 2 rings (SSSR count). The minimum absolute atomic E-state index is 0.113. The highest BCUT2D eigenvalue weighted by Crippen LogP contribution is 2.56. The van der Waals surface area contributed by atoms with Crippen molar-refractivity contribution in [2.75, 3.05) is 7.11 Å². The summed E-state index contributed by atoms with van der Waals surface area (Å²) in [6.45, 7) is 7.42. The Morgan fingerprint density at radius 1 is 1.28 bits per heavy atom. The normalized spacial score (nSPS) is 34.7. The summed E-state index contributed by atoms with van der Waals surface area (Å²) in [7, 11) is 1.32. The average molecular weight is 346 g/mol. The lowest BCUT2D eigenvalue weighted by molar-refractivity contribution is -0.171. The summed E-state index contributed by atoms with van der Waals surface area (Å²) in [4.78, 5) is 38.8. The van der Waals surface area contributed by atoms with E-state index in [0.717, 1.165) is 24.8 Å². The fourth-order valence-corrected chi connectivity index (χ4v) is 4.71. The zero-order valence-corrected chi connectivity index (χ0v) is 16.1. The number of Topliss-reactive ketones (excluding diaryl/α,β-unsaturated/α-hetero) is 2. The van der Waals surface area contributed by atoms with E-state index in [1.54, 1.807) is 0 Å². The Labute approximate surface area is 150 Å². The second-order valence-corrected chi connectivity index (χ2v) is 8.12. The maximum atomic E-state index is 13.5. The van der Waals surface area contributed by atoms with E-state index >= 15 is 0 Å². The number of rotatable bonds is 4. The van der Waals surface area contributed by atoms with Gasteiger partial charge < -0.3 is 4.74 Å². The number of esters is 1. The van der Waals surface area contributed by atoms with E-state index in [2.05, 4.69) is 19.1 Å². The first-order valence-electron chi connectivity index (χ1n) is 9.10. The van der Waals surface area contributed by atoms with Crippen molar-refractivity contribution in [3.63, 3.8) is 0 Å². The predicted octanol–water partition coefficient (Wildman–Crippen LogP) is 4.04. The Morgan fingerprint density at radius 3 is 2.52 bits per heavy atom. The van der Waals surface area contributed by atoms with E-state index in [-0.39, 0.29) is 17.5 Å². The van der Waals surface area contributed by atoms with Crippen molar-refractivity contribution < 1.29 is 19.1 Å². The van der Waals surface area contributed by atoms with Gasteiger partial charge in [-0.25, -0.2) is 0 Å². The van der Waals surface area contributed by atoms with Crippen LogP contribution < -0.4 is 0 Å². The molecule has 0 aromatic heterocycles. The van der Waals surface area contributed by atoms with E-state index in [1.807, 2.05) is 19.9 Å². The third kappa shape index (κ3) is 3.36. The molecule has 4 heteroatoms. The number of ether oxygens (including phenoxy) is 1. The molecular weight excluding hydrogens is 316 g/mol. The van der Waals surface area contributed by atoms with E-state index in [4.69, 9.17) is 4.74 Å². The number of ketones is 2. The van der Waals surface area contributed by atoms with Crippen molar-refractivity contribution in [3.05, 3.63) is 23.8 Å². The van der Waals surface area contributed by atoms with Crippen LogP contribution in [0.1, 0.15) is 59.8 Å². The predicted molar refractivity (Wildman–Crippen MR) is 96.9 cm³/mol. The minimum Gasteiger partial charge on any atom is -0.468 e. The van der Waals surface area contributed by atoms with Crippen LogP contribution in [0.25, 0.3) is 0 Å². The quantitative estimate of drug-likeness (QED) is 0.438. The minimum atomic E-state index is -1.25. The molecule has 4 nitrogen and oxygen atoms in total. The van der Waals surface area contributed by atoms with Crippen LogP contribution in [0, 0.1) is 22.7 Å². The molecule has 0 spiro atoms. The van der Waals surface area contributed by atoms with Gasteiger partial charge in [-0.15, -0.1) is 0 Å². The highest BCUT2D eigenvalue weighted by atomic mass is 16.5. The summed E-state index contributed by atoms with van der Waals surface area (Å²) in [6, 6.07) is 0. The topological polar surface area (TPSA) is 60.4 Å². The van der Waals surface area contributed by atoms with Gasteiger partial charge in [0.15, 0.2) is 5.78 Å². The van der Waals surface area contributed by atoms with Gasteiger partial charge in [-0.2, -0.15) is 0 Å². The van der Waals surface area contributed by atoms with Crippen molar-refractivity contribution in [1.29, 1.82) is 0 Å². The second-order valence-electron chi connectivity index (χ2n) is 8.12. The van der Waals surface area contributed by atoms with Crippen molar-refractivity contribution in [2.24, 2.45) is 22.7 Å². The molecule has 0 amide bonds. The Bertz CT molecular complexity index is 626. The summed E-state index contributed by atoms with van der Waals surface area (Å²) in [5.74, 6) is -1.51. The van der Waals surface area contributed by atoms with Gasteiger partial charge in [0.2, 0.25) is 0 Å². The van der Waals surface area contributed by atoms with E-state index in [1.165, 1.54) is 14.0 Å². The summed E-state index contributed by atoms with van der Waals surface area (Å²) >= 11 is 0. The molecule has 0 heterocycles. The zero-order valence-electron chi connectivity index (χ0n) is 16.1. The van der Waals surface area contributed by atoms with Gasteiger partial charge in [-0.3, -0.25) is 14.4 Å². The first kappa shape index (κ1) is 19.6. The monoisotopic (exact) mass is 346 g/mol. The number of carbonyl (C=O) groups excluding carboxylic acids is 3. The fraction of sp³-hybridized carbons (Fsp3) is 0.667. The average Bonchev–Trinajstić information content (AvgIpc) is 2.72. The van der Waals surface area contributed by atoms with Gasteiger partial charge in [-0.05, 0) is 64.2 Å². The van der Waals surface area contributed by atoms with Gasteiger partial charge in [0.25, 0.3) is 0 Å². The van der Waals surface area contributed by atoms with Crippen LogP contribution in [-0.2, 0) is 19.1 Å². The van der Waals surface area contributed by atoms with Crippen LogP contribution in [0.3, 0.4) is 0 Å². The number of carbonyl (C=O) groups is 3. The first-order valence-corrected chi connectivity index (χ1v) is 9.10. The third-order valence-corrected chi connectivity index (χ3v) is 6.20. The molecule has 0 saturated heterocycles. The molecule has 2 aliphatic carbocycles. The van der Waals surface area contributed by atoms with Gasteiger partial charge in [0, 0.05) is 0 Å². The molecule has 1 unspecified atom stereocenters. The largest absolute Gasteiger partial charge is 0.468 e. The number of methoxy groups -OCH3 is 1. The molecule has 138 valence electrons. The van der Waals surface area contributed by atoms with Crippen LogP contribution in [0.4, 0.5) is 0 Å². The second kappa shape index (κ2) is 7.27. The number of hydrogen-bond donors (Lipinski definition) is 0. The van der Waals surface area contributed by atoms with Crippen LogP contribution >= 0.6 is 0 Å². The maximum Gasteiger partial charge on any atom is 0.319 e. The molecule has 0 aliphatic heterocycles. The Morgan fingerprint density at radius 2 is 1.96 bits per heavy atom. The first-order chi connectivity index (χ1) is 11.7. The summed E-state index contributed by atoms with van der Waals surface area (Å²) < 4.78 is 5.05. The van der Waals surface area contributed by atoms with Gasteiger partial charge in [0.1, 0.15) is 11.2 Å². The van der Waals surface area contributed by atoms with Gasteiger partial charge in [-0.1, -0.05) is 30.7 Å². The summed E-state index contributed by atoms with van der Waals surface area (Å²) in [5, 5.41) is 0. The molecule has 0 aromatic carbocycles. The van der Waals surface area contributed by atoms with Crippen LogP contribution in [0.5, 0.6) is 0 Å². The third-order valence-electron chi connectivity index (χ3n) is 6.20. The lowest BCUT2D eigenvalue weighted by atomic mass is 9.50. The van der Waals surface area contributed by atoms with E-state index in [0.29, 0.717) is 12.8 Å². The molecule has 1 fully saturated rings. The lowest BCUT2D eigenvalue weighted by Crippen LogP contribution is -2.58. The molecule has 1 saturated carbocycles. The molecule has 0 N–H and O–H groups in total. The van der Waals surface area contributed by atoms with E-state index in [9.17, 15) is 14.4 Å². The van der Waals surface area contributed by atoms with E-state index < -0.39 is 22.7 Å². The van der Waals surface area contributed by atoms with Crippen LogP contribution in [0.15, 0.2) is 23.8 Å². The number of hydrogen-bond acceptors (Lipinski definition) is 4. The molecule has 25 heavy (non-hydrogen) atoms. The molecule has 0 bridgehead atoms. The van der Waals surface area contributed by atoms with Gasteiger partial charge >= 0.3 is 5.97 Å². The van der Waals surface area contributed by atoms with Gasteiger partial charge in [0.05, 0.1) is 13.0 Å². The van der Waals surface area contributed by atoms with Crippen molar-refractivity contribution >= 4 is 17.5 Å². The highest BCUT2D eigenvalue weighted by Gasteiger charge is 2.62. The molecule has 4 atom stereocenters. The molecule has 0 radical (unpaired) electrons. The SMILES string of the molecule is COC(=O)[C@]1(CC=C(C)C)C[C@@H]2CC=CCC[C@@]2(C)C(C(C)=O)C1=O. The molecule has 2 aliphatic rings. The Balaban J connectivity index is 2.59.